The highest BCUT2D eigenvalue weighted by Crippen LogP contribution is 2.28. The molecule has 0 radical (unpaired) electrons. The van der Waals surface area contributed by atoms with E-state index in [2.05, 4.69) is 51.4 Å². The molecule has 1 atom stereocenters. The SMILES string of the molecule is CNC(c1cc(C)ccc1Br)c1nccn1C. The molecule has 4 heteroatoms. The Balaban J connectivity index is 2.49. The van der Waals surface area contributed by atoms with Gasteiger partial charge < -0.3 is 9.88 Å². The van der Waals surface area contributed by atoms with Crippen molar-refractivity contribution in [3.05, 3.63) is 52.0 Å². The molecule has 1 heterocycles. The molecule has 2 rings (SSSR count). The van der Waals surface area contributed by atoms with E-state index in [1.165, 1.54) is 11.1 Å². The van der Waals surface area contributed by atoms with Crippen LogP contribution in [0.1, 0.15) is 23.0 Å². The molecule has 1 N–H and O–H groups in total. The van der Waals surface area contributed by atoms with Gasteiger partial charge in [0.2, 0.25) is 0 Å². The van der Waals surface area contributed by atoms with Crippen molar-refractivity contribution in [2.75, 3.05) is 7.05 Å². The van der Waals surface area contributed by atoms with Crippen LogP contribution in [0.3, 0.4) is 0 Å². The number of nitrogens with zero attached hydrogens (tertiary/aromatic N) is 2. The molecule has 0 aliphatic carbocycles. The molecule has 0 amide bonds. The van der Waals surface area contributed by atoms with Crippen LogP contribution < -0.4 is 5.32 Å². The Morgan fingerprint density at radius 2 is 2.18 bits per heavy atom. The molecule has 1 unspecified atom stereocenters. The van der Waals surface area contributed by atoms with Crippen molar-refractivity contribution in [1.82, 2.24) is 14.9 Å². The van der Waals surface area contributed by atoms with Crippen LogP contribution in [0.5, 0.6) is 0 Å². The number of benzene rings is 1. The number of aromatic nitrogens is 2. The van der Waals surface area contributed by atoms with Crippen molar-refractivity contribution >= 4 is 15.9 Å². The summed E-state index contributed by atoms with van der Waals surface area (Å²) in [7, 11) is 3.96. The van der Waals surface area contributed by atoms with Gasteiger partial charge in [0.25, 0.3) is 0 Å². The van der Waals surface area contributed by atoms with E-state index in [4.69, 9.17) is 0 Å². The second-order valence-electron chi connectivity index (χ2n) is 4.14. The Kier molecular flexibility index (Phi) is 3.64. The monoisotopic (exact) mass is 293 g/mol. The molecule has 0 saturated carbocycles. The van der Waals surface area contributed by atoms with E-state index >= 15 is 0 Å². The summed E-state index contributed by atoms with van der Waals surface area (Å²) in [5, 5.41) is 3.32. The zero-order valence-electron chi connectivity index (χ0n) is 10.2. The van der Waals surface area contributed by atoms with Gasteiger partial charge in [-0.05, 0) is 25.6 Å². The van der Waals surface area contributed by atoms with Gasteiger partial charge in [-0.3, -0.25) is 0 Å². The lowest BCUT2D eigenvalue weighted by atomic mass is 10.0. The number of imidazole rings is 1. The van der Waals surface area contributed by atoms with Gasteiger partial charge in [-0.1, -0.05) is 33.6 Å². The van der Waals surface area contributed by atoms with Crippen LogP contribution in [0.2, 0.25) is 0 Å². The predicted octanol–water partition coefficient (Wildman–Crippen LogP) is 2.80. The Labute approximate surface area is 110 Å². The maximum Gasteiger partial charge on any atom is 0.130 e. The summed E-state index contributed by atoms with van der Waals surface area (Å²) in [6.07, 6.45) is 3.78. The van der Waals surface area contributed by atoms with Crippen molar-refractivity contribution in [2.45, 2.75) is 13.0 Å². The van der Waals surface area contributed by atoms with Gasteiger partial charge in [0.05, 0.1) is 6.04 Å². The fourth-order valence-corrected chi connectivity index (χ4v) is 2.44. The van der Waals surface area contributed by atoms with E-state index in [1.54, 1.807) is 0 Å². The average Bonchev–Trinajstić information content (AvgIpc) is 2.71. The molecule has 0 aliphatic heterocycles. The number of nitrogens with one attached hydrogen (secondary N) is 1. The lowest BCUT2D eigenvalue weighted by molar-refractivity contribution is 0.615. The number of hydrogen-bond donors (Lipinski definition) is 1. The predicted molar refractivity (Wildman–Crippen MR) is 73.0 cm³/mol. The summed E-state index contributed by atoms with van der Waals surface area (Å²) >= 11 is 3.60. The van der Waals surface area contributed by atoms with Crippen LogP contribution in [0.25, 0.3) is 0 Å². The second kappa shape index (κ2) is 5.02. The molecule has 0 aliphatic rings. The summed E-state index contributed by atoms with van der Waals surface area (Å²) in [6.45, 7) is 2.10. The van der Waals surface area contributed by atoms with Crippen LogP contribution in [0.15, 0.2) is 35.1 Å². The summed E-state index contributed by atoms with van der Waals surface area (Å²) in [4.78, 5) is 4.41. The molecule has 1 aromatic carbocycles. The van der Waals surface area contributed by atoms with Gasteiger partial charge in [0.15, 0.2) is 0 Å². The molecular formula is C13H16BrN3. The number of rotatable bonds is 3. The molecule has 2 aromatic rings. The van der Waals surface area contributed by atoms with Crippen molar-refractivity contribution in [3.8, 4) is 0 Å². The fraction of sp³-hybridized carbons (Fsp3) is 0.308. The maximum absolute atomic E-state index is 4.41. The van der Waals surface area contributed by atoms with E-state index in [1.807, 2.05) is 31.1 Å². The zero-order chi connectivity index (χ0) is 12.4. The molecule has 0 spiro atoms. The van der Waals surface area contributed by atoms with Crippen LogP contribution in [-0.2, 0) is 7.05 Å². The summed E-state index contributed by atoms with van der Waals surface area (Å²) < 4.78 is 3.14. The third-order valence-corrected chi connectivity index (χ3v) is 3.59. The fourth-order valence-electron chi connectivity index (χ4n) is 1.96. The number of halogens is 1. The lowest BCUT2D eigenvalue weighted by Gasteiger charge is -2.18. The van der Waals surface area contributed by atoms with Crippen LogP contribution in [-0.4, -0.2) is 16.6 Å². The van der Waals surface area contributed by atoms with Crippen LogP contribution in [0, 0.1) is 6.92 Å². The summed E-state index contributed by atoms with van der Waals surface area (Å²) in [5.74, 6) is 1.01. The summed E-state index contributed by atoms with van der Waals surface area (Å²) in [6, 6.07) is 6.46. The first-order chi connectivity index (χ1) is 8.13. The third-order valence-electron chi connectivity index (χ3n) is 2.87. The number of aryl methyl sites for hydroxylation is 2. The van der Waals surface area contributed by atoms with E-state index in [-0.39, 0.29) is 6.04 Å². The van der Waals surface area contributed by atoms with E-state index in [9.17, 15) is 0 Å². The molecule has 0 fully saturated rings. The Hall–Kier alpha value is -1.13. The summed E-state index contributed by atoms with van der Waals surface area (Å²) in [5.41, 5.74) is 2.46. The zero-order valence-corrected chi connectivity index (χ0v) is 11.8. The molecule has 1 aromatic heterocycles. The van der Waals surface area contributed by atoms with E-state index < -0.39 is 0 Å². The topological polar surface area (TPSA) is 29.9 Å². The Morgan fingerprint density at radius 3 is 2.76 bits per heavy atom. The standard InChI is InChI=1S/C13H16BrN3/c1-9-4-5-11(14)10(8-9)12(15-2)13-16-6-7-17(13)3/h4-8,12,15H,1-3H3. The van der Waals surface area contributed by atoms with E-state index in [0.29, 0.717) is 0 Å². The first-order valence-corrected chi connectivity index (χ1v) is 6.33. The highest BCUT2D eigenvalue weighted by atomic mass is 79.9. The molecule has 0 bridgehead atoms. The minimum Gasteiger partial charge on any atom is -0.336 e. The van der Waals surface area contributed by atoms with Crippen LogP contribution >= 0.6 is 15.9 Å². The second-order valence-corrected chi connectivity index (χ2v) is 5.00. The smallest absolute Gasteiger partial charge is 0.130 e. The Morgan fingerprint density at radius 1 is 1.41 bits per heavy atom. The minimum atomic E-state index is 0.101. The van der Waals surface area contributed by atoms with Gasteiger partial charge in [-0.15, -0.1) is 0 Å². The van der Waals surface area contributed by atoms with Crippen molar-refractivity contribution < 1.29 is 0 Å². The normalized spacial score (nSPS) is 12.7. The lowest BCUT2D eigenvalue weighted by Crippen LogP contribution is -2.21. The average molecular weight is 294 g/mol. The number of hydrogen-bond acceptors (Lipinski definition) is 2. The Bertz CT molecular complexity index is 519. The minimum absolute atomic E-state index is 0.101. The molecule has 0 saturated heterocycles. The van der Waals surface area contributed by atoms with Gasteiger partial charge in [0, 0.05) is 23.9 Å². The van der Waals surface area contributed by atoms with Crippen molar-refractivity contribution in [3.63, 3.8) is 0 Å². The quantitative estimate of drug-likeness (QED) is 0.943. The van der Waals surface area contributed by atoms with Crippen molar-refractivity contribution in [2.24, 2.45) is 7.05 Å². The third kappa shape index (κ3) is 2.42. The molecule has 3 nitrogen and oxygen atoms in total. The largest absolute Gasteiger partial charge is 0.336 e. The molecular weight excluding hydrogens is 278 g/mol. The van der Waals surface area contributed by atoms with E-state index in [0.717, 1.165) is 10.3 Å². The highest BCUT2D eigenvalue weighted by Gasteiger charge is 2.18. The van der Waals surface area contributed by atoms with Gasteiger partial charge in [0.1, 0.15) is 5.82 Å². The molecule has 17 heavy (non-hydrogen) atoms. The van der Waals surface area contributed by atoms with Gasteiger partial charge in [-0.2, -0.15) is 0 Å². The van der Waals surface area contributed by atoms with Crippen LogP contribution in [0.4, 0.5) is 0 Å². The van der Waals surface area contributed by atoms with Gasteiger partial charge in [-0.25, -0.2) is 4.98 Å². The first-order valence-electron chi connectivity index (χ1n) is 5.54. The highest BCUT2D eigenvalue weighted by molar-refractivity contribution is 9.10. The van der Waals surface area contributed by atoms with Crippen molar-refractivity contribution in [1.29, 1.82) is 0 Å². The first kappa shape index (κ1) is 12.3. The van der Waals surface area contributed by atoms with Gasteiger partial charge >= 0.3 is 0 Å². The molecule has 90 valence electrons. The maximum atomic E-state index is 4.41.